The van der Waals surface area contributed by atoms with E-state index in [1.54, 1.807) is 19.6 Å². The molecule has 1 saturated heterocycles. The molecular formula is C18H22N2O4S. The van der Waals surface area contributed by atoms with Crippen LogP contribution in [-0.2, 0) is 11.3 Å². The summed E-state index contributed by atoms with van der Waals surface area (Å²) in [6.45, 7) is 2.65. The Morgan fingerprint density at radius 3 is 2.68 bits per heavy atom. The first-order valence-corrected chi connectivity index (χ1v) is 9.09. The molecule has 6 nitrogen and oxygen atoms in total. The van der Waals surface area contributed by atoms with Crippen molar-refractivity contribution in [1.29, 1.82) is 0 Å². The summed E-state index contributed by atoms with van der Waals surface area (Å²) >= 11 is 1.13. The second-order valence-corrected chi connectivity index (χ2v) is 6.91. The average Bonchev–Trinajstić information content (AvgIpc) is 3.23. The Kier molecular flexibility index (Phi) is 5.13. The highest BCUT2D eigenvalue weighted by molar-refractivity contribution is 7.07. The summed E-state index contributed by atoms with van der Waals surface area (Å²) in [6, 6.07) is 5.77. The monoisotopic (exact) mass is 362 g/mol. The fraction of sp³-hybridized carbons (Fsp3) is 0.444. The molecule has 3 rings (SSSR count). The minimum atomic E-state index is -0.0901. The third-order valence-corrected chi connectivity index (χ3v) is 5.52. The molecule has 2 aromatic rings. The zero-order valence-electron chi connectivity index (χ0n) is 14.7. The molecule has 134 valence electrons. The van der Waals surface area contributed by atoms with Gasteiger partial charge in [0.2, 0.25) is 5.91 Å². The van der Waals surface area contributed by atoms with Gasteiger partial charge >= 0.3 is 4.87 Å². The SMILES string of the molecule is COc1ccc(C2CCCN2C(=O)Cn2c(C)csc2=O)cc1OC. The van der Waals surface area contributed by atoms with Gasteiger partial charge in [0.15, 0.2) is 11.5 Å². The van der Waals surface area contributed by atoms with Gasteiger partial charge in [0, 0.05) is 17.6 Å². The maximum atomic E-state index is 12.8. The number of hydrogen-bond acceptors (Lipinski definition) is 5. The molecule has 0 spiro atoms. The minimum absolute atomic E-state index is 0.00181. The summed E-state index contributed by atoms with van der Waals surface area (Å²) in [4.78, 5) is 26.4. The Bertz CT molecular complexity index is 827. The lowest BCUT2D eigenvalue weighted by molar-refractivity contribution is -0.132. The summed E-state index contributed by atoms with van der Waals surface area (Å²) in [5, 5.41) is 1.78. The summed E-state index contributed by atoms with van der Waals surface area (Å²) in [5.41, 5.74) is 1.85. The first-order chi connectivity index (χ1) is 12.0. The number of hydrogen-bond donors (Lipinski definition) is 0. The molecule has 7 heteroatoms. The number of amides is 1. The predicted molar refractivity (Wildman–Crippen MR) is 96.6 cm³/mol. The van der Waals surface area contributed by atoms with Crippen LogP contribution in [0, 0.1) is 6.92 Å². The Hall–Kier alpha value is -2.28. The van der Waals surface area contributed by atoms with Gasteiger partial charge in [0.25, 0.3) is 0 Å². The van der Waals surface area contributed by atoms with Crippen molar-refractivity contribution in [3.63, 3.8) is 0 Å². The van der Waals surface area contributed by atoms with Gasteiger partial charge < -0.3 is 14.4 Å². The zero-order chi connectivity index (χ0) is 18.0. The quantitative estimate of drug-likeness (QED) is 0.820. The van der Waals surface area contributed by atoms with Gasteiger partial charge in [-0.2, -0.15) is 0 Å². The van der Waals surface area contributed by atoms with Crippen molar-refractivity contribution in [3.8, 4) is 11.5 Å². The highest BCUT2D eigenvalue weighted by Gasteiger charge is 2.31. The highest BCUT2D eigenvalue weighted by atomic mass is 32.1. The average molecular weight is 362 g/mol. The number of methoxy groups -OCH3 is 2. The number of aromatic nitrogens is 1. The fourth-order valence-corrected chi connectivity index (χ4v) is 4.03. The van der Waals surface area contributed by atoms with Crippen molar-refractivity contribution >= 4 is 17.2 Å². The number of carbonyl (C=O) groups excluding carboxylic acids is 1. The van der Waals surface area contributed by atoms with Crippen LogP contribution in [0.1, 0.15) is 30.1 Å². The maximum Gasteiger partial charge on any atom is 0.307 e. The van der Waals surface area contributed by atoms with Crippen LogP contribution in [0.15, 0.2) is 28.4 Å². The van der Waals surface area contributed by atoms with E-state index in [0.29, 0.717) is 18.0 Å². The van der Waals surface area contributed by atoms with Crippen molar-refractivity contribution in [2.75, 3.05) is 20.8 Å². The van der Waals surface area contributed by atoms with Crippen molar-refractivity contribution in [1.82, 2.24) is 9.47 Å². The Morgan fingerprint density at radius 2 is 2.04 bits per heavy atom. The van der Waals surface area contributed by atoms with Crippen LogP contribution in [0.2, 0.25) is 0 Å². The lowest BCUT2D eigenvalue weighted by atomic mass is 10.0. The smallest absolute Gasteiger partial charge is 0.307 e. The second-order valence-electron chi connectivity index (χ2n) is 6.09. The molecule has 2 heterocycles. The van der Waals surface area contributed by atoms with Gasteiger partial charge in [-0.05, 0) is 37.5 Å². The number of likely N-dealkylation sites (tertiary alicyclic amines) is 1. The normalized spacial score (nSPS) is 16.9. The molecule has 25 heavy (non-hydrogen) atoms. The van der Waals surface area contributed by atoms with Crippen LogP contribution in [0.4, 0.5) is 0 Å². The molecule has 1 aromatic carbocycles. The zero-order valence-corrected chi connectivity index (χ0v) is 15.5. The van der Waals surface area contributed by atoms with E-state index in [1.165, 1.54) is 4.57 Å². The van der Waals surface area contributed by atoms with Crippen molar-refractivity contribution in [3.05, 3.63) is 44.5 Å². The lowest BCUT2D eigenvalue weighted by Gasteiger charge is -2.26. The molecule has 0 bridgehead atoms. The summed E-state index contributed by atoms with van der Waals surface area (Å²) < 4.78 is 12.2. The molecule has 1 fully saturated rings. The highest BCUT2D eigenvalue weighted by Crippen LogP contribution is 2.37. The summed E-state index contributed by atoms with van der Waals surface area (Å²) in [7, 11) is 3.20. The van der Waals surface area contributed by atoms with Gasteiger partial charge in [-0.15, -0.1) is 0 Å². The van der Waals surface area contributed by atoms with Crippen LogP contribution in [0.5, 0.6) is 11.5 Å². The molecule has 1 amide bonds. The topological polar surface area (TPSA) is 60.8 Å². The molecule has 0 radical (unpaired) electrons. The Balaban J connectivity index is 1.83. The van der Waals surface area contributed by atoms with Gasteiger partial charge in [-0.25, -0.2) is 0 Å². The van der Waals surface area contributed by atoms with Crippen molar-refractivity contribution in [2.24, 2.45) is 0 Å². The van der Waals surface area contributed by atoms with Gasteiger partial charge in [-0.1, -0.05) is 17.4 Å². The molecule has 1 atom stereocenters. The van der Waals surface area contributed by atoms with Crippen LogP contribution in [-0.4, -0.2) is 36.1 Å². The molecule has 0 saturated carbocycles. The van der Waals surface area contributed by atoms with E-state index in [0.717, 1.165) is 35.4 Å². The van der Waals surface area contributed by atoms with E-state index in [1.807, 2.05) is 30.0 Å². The Morgan fingerprint density at radius 1 is 1.28 bits per heavy atom. The molecule has 0 N–H and O–H groups in total. The molecule has 1 aliphatic heterocycles. The van der Waals surface area contributed by atoms with E-state index < -0.39 is 0 Å². The third kappa shape index (κ3) is 3.42. The molecule has 1 aromatic heterocycles. The second kappa shape index (κ2) is 7.31. The van der Waals surface area contributed by atoms with E-state index in [-0.39, 0.29) is 23.4 Å². The number of nitrogens with zero attached hydrogens (tertiary/aromatic N) is 2. The van der Waals surface area contributed by atoms with Gasteiger partial charge in [-0.3, -0.25) is 14.2 Å². The number of ether oxygens (including phenoxy) is 2. The van der Waals surface area contributed by atoms with Gasteiger partial charge in [0.1, 0.15) is 6.54 Å². The van der Waals surface area contributed by atoms with Crippen LogP contribution in [0.3, 0.4) is 0 Å². The van der Waals surface area contributed by atoms with Crippen molar-refractivity contribution in [2.45, 2.75) is 32.4 Å². The third-order valence-electron chi connectivity index (χ3n) is 4.64. The van der Waals surface area contributed by atoms with Crippen LogP contribution < -0.4 is 14.3 Å². The van der Waals surface area contributed by atoms with E-state index >= 15 is 0 Å². The molecule has 1 unspecified atom stereocenters. The number of thiazole rings is 1. The summed E-state index contributed by atoms with van der Waals surface area (Å²) in [6.07, 6.45) is 1.85. The largest absolute Gasteiger partial charge is 0.493 e. The number of carbonyl (C=O) groups is 1. The van der Waals surface area contributed by atoms with E-state index in [2.05, 4.69) is 0 Å². The Labute approximate surface area is 150 Å². The van der Waals surface area contributed by atoms with Crippen molar-refractivity contribution < 1.29 is 14.3 Å². The minimum Gasteiger partial charge on any atom is -0.493 e. The maximum absolute atomic E-state index is 12.8. The van der Waals surface area contributed by atoms with E-state index in [4.69, 9.17) is 9.47 Å². The first-order valence-electron chi connectivity index (χ1n) is 8.21. The number of benzene rings is 1. The van der Waals surface area contributed by atoms with Crippen LogP contribution >= 0.6 is 11.3 Å². The summed E-state index contributed by atoms with van der Waals surface area (Å²) in [5.74, 6) is 1.30. The predicted octanol–water partition coefficient (Wildman–Crippen LogP) is 2.60. The number of rotatable bonds is 5. The van der Waals surface area contributed by atoms with Crippen LogP contribution in [0.25, 0.3) is 0 Å². The van der Waals surface area contributed by atoms with Gasteiger partial charge in [0.05, 0.1) is 20.3 Å². The lowest BCUT2D eigenvalue weighted by Crippen LogP contribution is -2.35. The molecule has 0 aliphatic carbocycles. The molecular weight excluding hydrogens is 340 g/mol. The standard InChI is InChI=1S/C18H22N2O4S/c1-12-11-25-18(22)20(12)10-17(21)19-8-4-5-14(19)13-6-7-15(23-2)16(9-13)24-3/h6-7,9,11,14H,4-5,8,10H2,1-3H3. The van der Waals surface area contributed by atoms with E-state index in [9.17, 15) is 9.59 Å². The first kappa shape index (κ1) is 17.5. The fourth-order valence-electron chi connectivity index (χ4n) is 3.29. The number of aryl methyl sites for hydroxylation is 1. The molecule has 1 aliphatic rings.